The van der Waals surface area contributed by atoms with Gasteiger partial charge in [-0.1, -0.05) is 159 Å². The molecule has 0 amide bonds. The molecule has 0 aromatic heterocycles. The molecule has 2 atom stereocenters. The molecule has 0 radical (unpaired) electrons. The molecule has 0 saturated heterocycles. The molecule has 2 aliphatic rings. The van der Waals surface area contributed by atoms with E-state index in [1.54, 1.807) is 12.2 Å². The molecule has 12 aromatic rings. The number of hydrogen-bond donors (Lipinski definition) is 0. The summed E-state index contributed by atoms with van der Waals surface area (Å²) in [6.45, 7) is 15.6. The van der Waals surface area contributed by atoms with Gasteiger partial charge in [0.05, 0.1) is 24.0 Å². The highest BCUT2D eigenvalue weighted by atomic mass is 19.1. The lowest BCUT2D eigenvalue weighted by Gasteiger charge is -2.35. The first-order chi connectivity index (χ1) is 48.2. The second-order valence-corrected chi connectivity index (χ2v) is 24.2. The fourth-order valence-electron chi connectivity index (χ4n) is 14.3. The number of rotatable bonds is 27. The summed E-state index contributed by atoms with van der Waals surface area (Å²) in [5.74, 6) is 2.35. The van der Waals surface area contributed by atoms with Gasteiger partial charge in [-0.05, 0) is 237 Å². The van der Waals surface area contributed by atoms with Gasteiger partial charge in [-0.25, -0.2) is 8.78 Å². The summed E-state index contributed by atoms with van der Waals surface area (Å²) < 4.78 is 65.6. The van der Waals surface area contributed by atoms with Crippen molar-refractivity contribution in [3.63, 3.8) is 0 Å². The van der Waals surface area contributed by atoms with Gasteiger partial charge in [0.15, 0.2) is 0 Å². The second kappa shape index (κ2) is 28.6. The maximum atomic E-state index is 15.0. The van der Waals surface area contributed by atoms with Crippen LogP contribution >= 0.6 is 0 Å². The van der Waals surface area contributed by atoms with Gasteiger partial charge in [0, 0.05) is 47.3 Å². The Morgan fingerprint density at radius 1 is 0.316 bits per heavy atom. The molecule has 0 fully saturated rings. The van der Waals surface area contributed by atoms with Crippen molar-refractivity contribution < 1.29 is 37.2 Å². The minimum absolute atomic E-state index is 0.326. The third-order valence-corrected chi connectivity index (χ3v) is 18.6. The molecule has 8 nitrogen and oxygen atoms in total. The van der Waals surface area contributed by atoms with Crippen molar-refractivity contribution in [3.8, 4) is 56.4 Å². The quantitative estimate of drug-likeness (QED) is 0.0373. The Hall–Kier alpha value is -11.3. The Kier molecular flexibility index (Phi) is 18.7. The van der Waals surface area contributed by atoms with Gasteiger partial charge in [0.2, 0.25) is 0 Å². The minimum atomic E-state index is -0.780. The van der Waals surface area contributed by atoms with Crippen molar-refractivity contribution >= 4 is 34.1 Å². The van der Waals surface area contributed by atoms with Crippen LogP contribution in [0.5, 0.6) is 23.0 Å². The Bertz CT molecular complexity index is 4450. The van der Waals surface area contributed by atoms with Crippen LogP contribution in [-0.4, -0.2) is 52.9 Å². The number of nitrogens with zero attached hydrogens (tertiary/aromatic N) is 2. The van der Waals surface area contributed by atoms with Crippen molar-refractivity contribution in [2.75, 3.05) is 62.7 Å². The van der Waals surface area contributed by atoms with E-state index in [1.165, 1.54) is 24.3 Å². The van der Waals surface area contributed by atoms with E-state index >= 15 is 8.78 Å². The summed E-state index contributed by atoms with van der Waals surface area (Å²) in [6.07, 6.45) is 3.49. The van der Waals surface area contributed by atoms with Crippen LogP contribution in [0.4, 0.5) is 42.9 Å². The summed E-state index contributed by atoms with van der Waals surface area (Å²) >= 11 is 0. The number of ether oxygens (including phenoxy) is 6. The maximum absolute atomic E-state index is 15.0. The van der Waals surface area contributed by atoms with Crippen LogP contribution < -0.4 is 28.7 Å². The smallest absolute Gasteiger partial charge is 0.123 e. The fraction of sp³-hybridized carbons (Fsp3) is 0.136. The second-order valence-electron chi connectivity index (χ2n) is 24.2. The fourth-order valence-corrected chi connectivity index (χ4v) is 14.3. The lowest BCUT2D eigenvalue weighted by molar-refractivity contribution is 0.110. The van der Waals surface area contributed by atoms with E-state index in [4.69, 9.17) is 28.4 Å². The van der Waals surface area contributed by atoms with Crippen LogP contribution in [0.2, 0.25) is 0 Å². The Morgan fingerprint density at radius 2 is 0.612 bits per heavy atom. The Morgan fingerprint density at radius 3 is 0.939 bits per heavy atom. The molecular weight excluding hydrogens is 1220 g/mol. The standard InChI is InChI=1S/C88H74F2N2O6/c1-5-53-95-75-43-21-63(22-44-75)87(65-25-47-77(48-26-65)97-57-55-93-7-3)83-15-11-9-13-79(83)81-51-41-73(59-85(81)87)91(71-37-29-67(89)30-38-71)69-33-17-61(18-34-69)62-19-35-70(36-20-62)92(72-39-31-68(90)32-40-72)74-42-52-82-80-14-10-12-16-84(80)88(86(82)60-74,64-23-45-76(46-24-64)96-54-6-2)66-27-49-78(50-28-66)98-58-56-94-8-4/h5-6,9-52,59-60H,1-2,7-8,53-58H2,3-4H3. The van der Waals surface area contributed by atoms with E-state index in [-0.39, 0.29) is 11.6 Å². The van der Waals surface area contributed by atoms with Crippen LogP contribution in [-0.2, 0) is 20.3 Å². The summed E-state index contributed by atoms with van der Waals surface area (Å²) in [4.78, 5) is 4.38. The van der Waals surface area contributed by atoms with Gasteiger partial charge in [0.25, 0.3) is 0 Å². The molecule has 0 bridgehead atoms. The highest BCUT2D eigenvalue weighted by Gasteiger charge is 2.48. The molecule has 0 saturated carbocycles. The highest BCUT2D eigenvalue weighted by molar-refractivity contribution is 5.92. The van der Waals surface area contributed by atoms with Gasteiger partial charge in [-0.15, -0.1) is 0 Å². The van der Waals surface area contributed by atoms with Crippen LogP contribution in [0.3, 0.4) is 0 Å². The van der Waals surface area contributed by atoms with E-state index < -0.39 is 10.8 Å². The molecule has 10 heteroatoms. The summed E-state index contributed by atoms with van der Waals surface area (Å²) in [5.41, 5.74) is 18.8. The molecular formula is C88H74F2N2O6. The molecule has 2 aliphatic carbocycles. The molecule has 0 spiro atoms. The number of fused-ring (bicyclic) bond motifs is 6. The molecule has 0 heterocycles. The third kappa shape index (κ3) is 12.2. The van der Waals surface area contributed by atoms with Crippen LogP contribution in [0.15, 0.2) is 304 Å². The van der Waals surface area contributed by atoms with Crippen molar-refractivity contribution in [1.29, 1.82) is 0 Å². The average Bonchev–Trinajstić information content (AvgIpc) is 1.53. The number of hydrogen-bond acceptors (Lipinski definition) is 8. The van der Waals surface area contributed by atoms with E-state index in [9.17, 15) is 0 Å². The van der Waals surface area contributed by atoms with Crippen LogP contribution in [0, 0.1) is 11.6 Å². The highest BCUT2D eigenvalue weighted by Crippen LogP contribution is 2.60. The third-order valence-electron chi connectivity index (χ3n) is 18.6. The molecule has 486 valence electrons. The zero-order chi connectivity index (χ0) is 67.0. The lowest BCUT2D eigenvalue weighted by Crippen LogP contribution is -2.29. The first-order valence-electron chi connectivity index (χ1n) is 33.3. The zero-order valence-electron chi connectivity index (χ0n) is 54.9. The van der Waals surface area contributed by atoms with Gasteiger partial charge >= 0.3 is 0 Å². The van der Waals surface area contributed by atoms with Crippen molar-refractivity contribution in [3.05, 3.63) is 361 Å². The summed E-state index contributed by atoms with van der Waals surface area (Å²) in [6, 6.07) is 94.7. The number of anilines is 6. The molecule has 12 aromatic carbocycles. The van der Waals surface area contributed by atoms with Crippen LogP contribution in [0.1, 0.15) is 58.4 Å². The largest absolute Gasteiger partial charge is 0.491 e. The first-order valence-corrected chi connectivity index (χ1v) is 33.3. The maximum Gasteiger partial charge on any atom is 0.123 e. The first kappa shape index (κ1) is 64.1. The normalized spacial score (nSPS) is 14.7. The molecule has 0 N–H and O–H groups in total. The zero-order valence-corrected chi connectivity index (χ0v) is 54.9. The van der Waals surface area contributed by atoms with E-state index in [0.717, 1.165) is 135 Å². The van der Waals surface area contributed by atoms with Crippen molar-refractivity contribution in [1.82, 2.24) is 0 Å². The molecule has 14 rings (SSSR count). The van der Waals surface area contributed by atoms with Crippen LogP contribution in [0.25, 0.3) is 33.4 Å². The molecule has 98 heavy (non-hydrogen) atoms. The average molecular weight is 1290 g/mol. The predicted molar refractivity (Wildman–Crippen MR) is 391 cm³/mol. The van der Waals surface area contributed by atoms with Gasteiger partial charge in [0.1, 0.15) is 61.1 Å². The van der Waals surface area contributed by atoms with E-state index in [0.29, 0.717) is 52.9 Å². The Labute approximate surface area is 572 Å². The summed E-state index contributed by atoms with van der Waals surface area (Å²) in [7, 11) is 0. The topological polar surface area (TPSA) is 61.9 Å². The number of benzene rings is 12. The number of halogens is 2. The van der Waals surface area contributed by atoms with Gasteiger partial charge < -0.3 is 38.2 Å². The van der Waals surface area contributed by atoms with E-state index in [1.807, 2.05) is 86.6 Å². The molecule has 2 unspecified atom stereocenters. The van der Waals surface area contributed by atoms with Crippen molar-refractivity contribution in [2.45, 2.75) is 24.7 Å². The predicted octanol–water partition coefficient (Wildman–Crippen LogP) is 21.3. The van der Waals surface area contributed by atoms with E-state index in [2.05, 4.69) is 205 Å². The monoisotopic (exact) mass is 1290 g/mol. The van der Waals surface area contributed by atoms with Crippen molar-refractivity contribution in [2.24, 2.45) is 0 Å². The Balaban J connectivity index is 0.838. The minimum Gasteiger partial charge on any atom is -0.491 e. The molecule has 0 aliphatic heterocycles. The van der Waals surface area contributed by atoms with Gasteiger partial charge in [-0.3, -0.25) is 0 Å². The SMILES string of the molecule is C=CCOc1ccc(C2(c3ccc(OCCOCC)cc3)c3ccccc3-c3ccc(N(c4ccc(F)cc4)c4ccc(-c5ccc(N(c6ccc(F)cc6)c6ccc7c(c6)C(c6ccc(OCC=C)cc6)(c6ccc(OCCOCC)cc6)c6ccccc6-7)cc5)cc4)cc32)cc1. The summed E-state index contributed by atoms with van der Waals surface area (Å²) in [5, 5.41) is 0. The van der Waals surface area contributed by atoms with Gasteiger partial charge in [-0.2, -0.15) is 0 Å². The lowest BCUT2D eigenvalue weighted by atomic mass is 9.67.